The van der Waals surface area contributed by atoms with Gasteiger partial charge in [0.15, 0.2) is 0 Å². The van der Waals surface area contributed by atoms with E-state index in [9.17, 15) is 4.79 Å². The Labute approximate surface area is 159 Å². The molecule has 0 saturated carbocycles. The second-order valence-electron chi connectivity index (χ2n) is 5.33. The molecule has 1 aromatic carbocycles. The first kappa shape index (κ1) is 17.8. The molecule has 0 aliphatic carbocycles. The zero-order valence-electron chi connectivity index (χ0n) is 13.0. The number of amides is 1. The molecule has 25 heavy (non-hydrogen) atoms. The molecule has 3 aromatic rings. The van der Waals surface area contributed by atoms with Gasteiger partial charge in [0, 0.05) is 24.8 Å². The van der Waals surface area contributed by atoms with Gasteiger partial charge in [-0.3, -0.25) is 14.6 Å². The summed E-state index contributed by atoms with van der Waals surface area (Å²) < 4.78 is 1.73. The van der Waals surface area contributed by atoms with E-state index in [1.807, 2.05) is 0 Å². The Morgan fingerprint density at radius 3 is 2.76 bits per heavy atom. The summed E-state index contributed by atoms with van der Waals surface area (Å²) >= 11 is 17.7. The molecule has 1 amide bonds. The van der Waals surface area contributed by atoms with E-state index >= 15 is 0 Å². The van der Waals surface area contributed by atoms with Crippen molar-refractivity contribution in [1.82, 2.24) is 25.3 Å². The monoisotopic (exact) mass is 397 g/mol. The van der Waals surface area contributed by atoms with Crippen molar-refractivity contribution in [3.05, 3.63) is 57.4 Å². The van der Waals surface area contributed by atoms with Crippen LogP contribution in [-0.2, 0) is 6.54 Å². The van der Waals surface area contributed by atoms with Gasteiger partial charge in [-0.25, -0.2) is 0 Å². The third kappa shape index (κ3) is 4.54. The Balaban J connectivity index is 1.54. The molecule has 2 aromatic heterocycles. The summed E-state index contributed by atoms with van der Waals surface area (Å²) in [5, 5.41) is 15.3. The molecule has 3 rings (SSSR count). The van der Waals surface area contributed by atoms with Gasteiger partial charge in [0.25, 0.3) is 5.91 Å². The summed E-state index contributed by atoms with van der Waals surface area (Å²) in [6.45, 7) is 1.18. The second-order valence-corrected chi connectivity index (χ2v) is 6.58. The molecular weight excluding hydrogens is 385 g/mol. The number of carbonyl (C=O) groups excluding carboxylic acids is 1. The number of aromatic nitrogens is 4. The first-order valence-electron chi connectivity index (χ1n) is 7.50. The van der Waals surface area contributed by atoms with Gasteiger partial charge in [0.1, 0.15) is 5.69 Å². The van der Waals surface area contributed by atoms with Crippen molar-refractivity contribution >= 4 is 40.7 Å². The molecule has 0 atom stereocenters. The van der Waals surface area contributed by atoms with Crippen LogP contribution in [0.4, 0.5) is 0 Å². The van der Waals surface area contributed by atoms with Crippen molar-refractivity contribution in [2.45, 2.75) is 13.0 Å². The van der Waals surface area contributed by atoms with Crippen LogP contribution in [0.25, 0.3) is 11.3 Å². The highest BCUT2D eigenvalue weighted by Gasteiger charge is 2.11. The second kappa shape index (κ2) is 7.91. The lowest BCUT2D eigenvalue weighted by molar-refractivity contribution is 0.0947. The van der Waals surface area contributed by atoms with E-state index in [4.69, 9.17) is 34.8 Å². The molecule has 0 unspecified atom stereocenters. The fraction of sp³-hybridized carbons (Fsp3) is 0.188. The van der Waals surface area contributed by atoms with Gasteiger partial charge in [-0.05, 0) is 24.6 Å². The van der Waals surface area contributed by atoms with Gasteiger partial charge in [0.05, 0.1) is 27.0 Å². The number of hydrogen-bond donors (Lipinski definition) is 2. The quantitative estimate of drug-likeness (QED) is 0.615. The van der Waals surface area contributed by atoms with Gasteiger partial charge in [0.2, 0.25) is 0 Å². The van der Waals surface area contributed by atoms with Gasteiger partial charge in [-0.1, -0.05) is 40.9 Å². The average molecular weight is 399 g/mol. The number of aryl methyl sites for hydroxylation is 1. The molecule has 2 heterocycles. The maximum absolute atomic E-state index is 12.2. The Bertz CT molecular complexity index is 890. The SMILES string of the molecule is O=C(NCCCn1cc(Cl)cn1)c1cc(-c2ccc(Cl)c(Cl)c2)n[nH]1. The van der Waals surface area contributed by atoms with Gasteiger partial charge < -0.3 is 5.32 Å². The number of nitrogens with one attached hydrogen (secondary N) is 2. The molecule has 6 nitrogen and oxygen atoms in total. The van der Waals surface area contributed by atoms with Crippen LogP contribution in [0.2, 0.25) is 15.1 Å². The minimum absolute atomic E-state index is 0.225. The van der Waals surface area contributed by atoms with Crippen molar-refractivity contribution in [3.63, 3.8) is 0 Å². The summed E-state index contributed by atoms with van der Waals surface area (Å²) in [6.07, 6.45) is 4.05. The number of nitrogens with zero attached hydrogens (tertiary/aromatic N) is 3. The third-order valence-corrected chi connectivity index (χ3v) is 4.42. The standard InChI is InChI=1S/C16H14Cl3N5O/c17-11-8-21-24(9-11)5-1-4-20-16(25)15-7-14(22-23-15)10-2-3-12(18)13(19)6-10/h2-3,6-9H,1,4-5H2,(H,20,25)(H,22,23). The van der Waals surface area contributed by atoms with E-state index in [0.29, 0.717) is 39.5 Å². The minimum atomic E-state index is -0.225. The molecule has 9 heteroatoms. The molecule has 0 fully saturated rings. The van der Waals surface area contributed by atoms with Crippen LogP contribution >= 0.6 is 34.8 Å². The lowest BCUT2D eigenvalue weighted by atomic mass is 10.1. The fourth-order valence-corrected chi connectivity index (χ4v) is 2.69. The molecule has 0 saturated heterocycles. The summed E-state index contributed by atoms with van der Waals surface area (Å²) in [5.74, 6) is -0.225. The number of carbonyl (C=O) groups is 1. The predicted octanol–water partition coefficient (Wildman–Crippen LogP) is 4.05. The lowest BCUT2D eigenvalue weighted by Crippen LogP contribution is -2.25. The Hall–Kier alpha value is -2.02. The maximum atomic E-state index is 12.2. The van der Waals surface area contributed by atoms with Crippen molar-refractivity contribution in [3.8, 4) is 11.3 Å². The number of rotatable bonds is 6. The number of hydrogen-bond acceptors (Lipinski definition) is 3. The van der Waals surface area contributed by atoms with Crippen molar-refractivity contribution in [2.75, 3.05) is 6.54 Å². The topological polar surface area (TPSA) is 75.6 Å². The van der Waals surface area contributed by atoms with Crippen molar-refractivity contribution in [2.24, 2.45) is 0 Å². The number of aromatic amines is 1. The molecule has 0 aliphatic heterocycles. The highest BCUT2D eigenvalue weighted by molar-refractivity contribution is 6.42. The number of halogens is 3. The van der Waals surface area contributed by atoms with E-state index in [1.165, 1.54) is 0 Å². The smallest absolute Gasteiger partial charge is 0.269 e. The van der Waals surface area contributed by atoms with Gasteiger partial charge in [-0.15, -0.1) is 0 Å². The lowest BCUT2D eigenvalue weighted by Gasteiger charge is -2.03. The molecule has 0 aliphatic rings. The molecule has 0 bridgehead atoms. The third-order valence-electron chi connectivity index (χ3n) is 3.49. The molecular formula is C16H14Cl3N5O. The Kier molecular flexibility index (Phi) is 5.63. The van der Waals surface area contributed by atoms with Crippen LogP contribution in [0.3, 0.4) is 0 Å². The van der Waals surface area contributed by atoms with Crippen LogP contribution in [0.5, 0.6) is 0 Å². The summed E-state index contributed by atoms with van der Waals surface area (Å²) in [5.41, 5.74) is 1.78. The number of H-pyrrole nitrogens is 1. The van der Waals surface area contributed by atoms with E-state index in [1.54, 1.807) is 41.3 Å². The molecule has 130 valence electrons. The van der Waals surface area contributed by atoms with Crippen LogP contribution in [0.15, 0.2) is 36.7 Å². The van der Waals surface area contributed by atoms with Crippen LogP contribution in [-0.4, -0.2) is 32.4 Å². The minimum Gasteiger partial charge on any atom is -0.351 e. The molecule has 0 spiro atoms. The summed E-state index contributed by atoms with van der Waals surface area (Å²) in [7, 11) is 0. The van der Waals surface area contributed by atoms with E-state index in [0.717, 1.165) is 12.0 Å². The zero-order valence-corrected chi connectivity index (χ0v) is 15.2. The molecule has 0 radical (unpaired) electrons. The van der Waals surface area contributed by atoms with Gasteiger partial charge >= 0.3 is 0 Å². The highest BCUT2D eigenvalue weighted by atomic mass is 35.5. The largest absolute Gasteiger partial charge is 0.351 e. The maximum Gasteiger partial charge on any atom is 0.269 e. The average Bonchev–Trinajstić information content (AvgIpc) is 3.23. The van der Waals surface area contributed by atoms with Crippen LogP contribution in [0.1, 0.15) is 16.9 Å². The number of benzene rings is 1. The van der Waals surface area contributed by atoms with Crippen molar-refractivity contribution in [1.29, 1.82) is 0 Å². The van der Waals surface area contributed by atoms with Gasteiger partial charge in [-0.2, -0.15) is 10.2 Å². The first-order valence-corrected chi connectivity index (χ1v) is 8.63. The predicted molar refractivity (Wildman–Crippen MR) is 98.2 cm³/mol. The fourth-order valence-electron chi connectivity index (χ4n) is 2.24. The van der Waals surface area contributed by atoms with Crippen LogP contribution in [0, 0.1) is 0 Å². The summed E-state index contributed by atoms with van der Waals surface area (Å²) in [4.78, 5) is 12.2. The van der Waals surface area contributed by atoms with E-state index < -0.39 is 0 Å². The highest BCUT2D eigenvalue weighted by Crippen LogP contribution is 2.27. The van der Waals surface area contributed by atoms with E-state index in [2.05, 4.69) is 20.6 Å². The Morgan fingerprint density at radius 1 is 1.20 bits per heavy atom. The first-order chi connectivity index (χ1) is 12.0. The van der Waals surface area contributed by atoms with Crippen molar-refractivity contribution < 1.29 is 4.79 Å². The zero-order chi connectivity index (χ0) is 17.8. The Morgan fingerprint density at radius 2 is 2.04 bits per heavy atom. The van der Waals surface area contributed by atoms with Crippen LogP contribution < -0.4 is 5.32 Å². The van der Waals surface area contributed by atoms with E-state index in [-0.39, 0.29) is 5.91 Å². The summed E-state index contributed by atoms with van der Waals surface area (Å²) in [6, 6.07) is 6.86. The molecule has 2 N–H and O–H groups in total. The normalized spacial score (nSPS) is 10.8.